The van der Waals surface area contributed by atoms with Crippen LogP contribution in [0.1, 0.15) is 49.5 Å². The lowest BCUT2D eigenvalue weighted by Crippen LogP contribution is -3.00. The molecule has 14 heteroatoms. The highest BCUT2D eigenvalue weighted by Crippen LogP contribution is 2.30. The van der Waals surface area contributed by atoms with Crippen LogP contribution in [0.3, 0.4) is 0 Å². The SMILES string of the molecule is CCn1c[n+](CC)c2ccc(CCCN(C[C@H](O)[C@@H](O)[C@@H]3OC(c4ccccc4)OC[C@H]3O)C[C@H](O)[C@@H](O)[C@@H]3OC(c4ccccc4)OC[C@H]3O)cc21.[I-]. The molecule has 296 valence electrons. The van der Waals surface area contributed by atoms with Crippen molar-refractivity contribution in [1.29, 1.82) is 0 Å². The van der Waals surface area contributed by atoms with Gasteiger partial charge in [0.25, 0.3) is 0 Å². The van der Waals surface area contributed by atoms with Crippen LogP contribution in [0, 0.1) is 0 Å². The molecule has 13 nitrogen and oxygen atoms in total. The molecular formula is C40H54IN3O10. The minimum atomic E-state index is -1.49. The summed E-state index contributed by atoms with van der Waals surface area (Å²) >= 11 is 0. The number of rotatable bonds is 16. The van der Waals surface area contributed by atoms with Gasteiger partial charge in [0.15, 0.2) is 23.6 Å². The van der Waals surface area contributed by atoms with Crippen LogP contribution in [-0.2, 0) is 38.5 Å². The fraction of sp³-hybridized carbons (Fsp3) is 0.525. The third-order valence-electron chi connectivity index (χ3n) is 10.2. The van der Waals surface area contributed by atoms with Crippen LogP contribution in [0.15, 0.2) is 85.2 Å². The maximum absolute atomic E-state index is 11.4. The summed E-state index contributed by atoms with van der Waals surface area (Å²) in [4.78, 5) is 1.76. The van der Waals surface area contributed by atoms with Crippen LogP contribution in [0.25, 0.3) is 11.0 Å². The molecule has 3 heterocycles. The second-order valence-electron chi connectivity index (χ2n) is 14.0. The van der Waals surface area contributed by atoms with E-state index in [9.17, 15) is 30.6 Å². The van der Waals surface area contributed by atoms with Gasteiger partial charge in [-0.25, -0.2) is 9.13 Å². The highest BCUT2D eigenvalue weighted by Gasteiger charge is 2.42. The molecule has 2 aliphatic heterocycles. The average molecular weight is 864 g/mol. The zero-order valence-electron chi connectivity index (χ0n) is 30.8. The van der Waals surface area contributed by atoms with Crippen LogP contribution in [-0.4, -0.2) is 122 Å². The lowest BCUT2D eigenvalue weighted by atomic mass is 9.99. The zero-order valence-corrected chi connectivity index (χ0v) is 32.9. The molecule has 0 radical (unpaired) electrons. The molecule has 6 rings (SSSR count). The van der Waals surface area contributed by atoms with Crippen molar-refractivity contribution < 1.29 is 78.1 Å². The molecule has 0 saturated carbocycles. The molecule has 2 saturated heterocycles. The van der Waals surface area contributed by atoms with Crippen molar-refractivity contribution in [3.8, 4) is 0 Å². The fourth-order valence-electron chi connectivity index (χ4n) is 7.23. The number of ether oxygens (including phenoxy) is 4. The minimum absolute atomic E-state index is 0. The van der Waals surface area contributed by atoms with E-state index in [0.29, 0.717) is 30.5 Å². The monoisotopic (exact) mass is 863 g/mol. The molecule has 2 unspecified atom stereocenters. The minimum Gasteiger partial charge on any atom is -1.00 e. The molecule has 6 N–H and O–H groups in total. The van der Waals surface area contributed by atoms with E-state index in [1.54, 1.807) is 4.90 Å². The van der Waals surface area contributed by atoms with Gasteiger partial charge in [-0.15, -0.1) is 0 Å². The molecule has 0 aliphatic carbocycles. The number of aliphatic hydroxyl groups excluding tert-OH is 6. The first-order chi connectivity index (χ1) is 25.7. The van der Waals surface area contributed by atoms with Gasteiger partial charge in [0.1, 0.15) is 36.6 Å². The third-order valence-corrected chi connectivity index (χ3v) is 10.2. The number of hydrogen-bond donors (Lipinski definition) is 6. The van der Waals surface area contributed by atoms with E-state index >= 15 is 0 Å². The summed E-state index contributed by atoms with van der Waals surface area (Å²) in [6.45, 7) is 5.94. The molecular weight excluding hydrogens is 809 g/mol. The van der Waals surface area contributed by atoms with E-state index < -0.39 is 61.4 Å². The van der Waals surface area contributed by atoms with E-state index in [4.69, 9.17) is 18.9 Å². The van der Waals surface area contributed by atoms with Gasteiger partial charge in [-0.3, -0.25) is 4.90 Å². The lowest BCUT2D eigenvalue weighted by molar-refractivity contribution is -0.668. The highest BCUT2D eigenvalue weighted by atomic mass is 127. The van der Waals surface area contributed by atoms with Crippen LogP contribution in [0.2, 0.25) is 0 Å². The first kappa shape index (κ1) is 42.6. The van der Waals surface area contributed by atoms with Gasteiger partial charge in [-0.1, -0.05) is 66.7 Å². The van der Waals surface area contributed by atoms with Crippen LogP contribution < -0.4 is 28.5 Å². The summed E-state index contributed by atoms with van der Waals surface area (Å²) in [6, 6.07) is 24.7. The van der Waals surface area contributed by atoms with Crippen molar-refractivity contribution in [1.82, 2.24) is 9.47 Å². The van der Waals surface area contributed by atoms with Crippen molar-refractivity contribution >= 4 is 11.0 Å². The molecule has 0 amide bonds. The van der Waals surface area contributed by atoms with Crippen molar-refractivity contribution in [2.45, 2.75) is 101 Å². The largest absolute Gasteiger partial charge is 1.00 e. The van der Waals surface area contributed by atoms with E-state index in [0.717, 1.165) is 29.7 Å². The molecule has 2 aliphatic rings. The summed E-state index contributed by atoms with van der Waals surface area (Å²) in [6.07, 6.45) is -8.64. The summed E-state index contributed by atoms with van der Waals surface area (Å²) in [5, 5.41) is 66.8. The fourth-order valence-corrected chi connectivity index (χ4v) is 7.23. The lowest BCUT2D eigenvalue weighted by Gasteiger charge is -2.40. The van der Waals surface area contributed by atoms with Crippen molar-refractivity contribution in [3.63, 3.8) is 0 Å². The van der Waals surface area contributed by atoms with Gasteiger partial charge in [0, 0.05) is 24.2 Å². The van der Waals surface area contributed by atoms with Crippen molar-refractivity contribution in [3.05, 3.63) is 102 Å². The molecule has 54 heavy (non-hydrogen) atoms. The first-order valence-corrected chi connectivity index (χ1v) is 18.6. The Bertz CT molecular complexity index is 1640. The predicted octanol–water partition coefficient (Wildman–Crippen LogP) is -1.40. The number of aryl methyl sites for hydroxylation is 3. The number of halogens is 1. The molecule has 2 fully saturated rings. The van der Waals surface area contributed by atoms with Gasteiger partial charge in [0.2, 0.25) is 6.33 Å². The number of benzene rings is 3. The Morgan fingerprint density at radius 2 is 1.28 bits per heavy atom. The van der Waals surface area contributed by atoms with Gasteiger partial charge >= 0.3 is 0 Å². The summed E-state index contributed by atoms with van der Waals surface area (Å²) < 4.78 is 27.7. The Kier molecular flexibility index (Phi) is 15.8. The summed E-state index contributed by atoms with van der Waals surface area (Å²) in [5.74, 6) is 0. The summed E-state index contributed by atoms with van der Waals surface area (Å²) in [5.41, 5.74) is 4.86. The second kappa shape index (κ2) is 20.0. The zero-order chi connectivity index (χ0) is 37.5. The number of nitrogens with zero attached hydrogens (tertiary/aromatic N) is 3. The molecule has 1 aromatic heterocycles. The second-order valence-corrected chi connectivity index (χ2v) is 14.0. The molecule has 10 atom stereocenters. The number of hydrogen-bond acceptors (Lipinski definition) is 11. The summed E-state index contributed by atoms with van der Waals surface area (Å²) in [7, 11) is 0. The van der Waals surface area contributed by atoms with Crippen molar-refractivity contribution in [2.75, 3.05) is 32.8 Å². The number of fused-ring (bicyclic) bond motifs is 1. The molecule has 4 aromatic rings. The predicted molar refractivity (Wildman–Crippen MR) is 194 cm³/mol. The van der Waals surface area contributed by atoms with E-state index in [1.807, 2.05) is 60.7 Å². The maximum Gasteiger partial charge on any atom is 0.244 e. The van der Waals surface area contributed by atoms with Crippen LogP contribution in [0.4, 0.5) is 0 Å². The van der Waals surface area contributed by atoms with E-state index in [1.165, 1.54) is 0 Å². The van der Waals surface area contributed by atoms with Crippen LogP contribution >= 0.6 is 0 Å². The Hall–Kier alpha value is -2.58. The Morgan fingerprint density at radius 1 is 0.759 bits per heavy atom. The highest BCUT2D eigenvalue weighted by molar-refractivity contribution is 5.72. The Labute approximate surface area is 333 Å². The topological polar surface area (TPSA) is 170 Å². The first-order valence-electron chi connectivity index (χ1n) is 18.6. The molecule has 0 bridgehead atoms. The standard InChI is InChI=1S/C40H54N3O10.HI/c1-3-42-25-43(4-2)30-20-26(17-18-29(30)42)12-11-19-41(21-31(44)35(48)37-33(46)23-50-39(52-37)27-13-7-5-8-14-27)22-32(45)36(49)38-34(47)24-51-40(53-38)28-15-9-6-10-16-28;/h5-10,13-18,20,25,31-40,44-49H,3-4,11-12,19,21-24H2,1-2H3;1H/q+1;/p-1/t31-,32-,33+,34+,35+,36+,37+,38+,39?,40?;/m0./s1. The molecule has 0 spiro atoms. The van der Waals surface area contributed by atoms with Crippen molar-refractivity contribution in [2.24, 2.45) is 0 Å². The molecule has 3 aromatic carbocycles. The van der Waals surface area contributed by atoms with Gasteiger partial charge in [0.05, 0.1) is 38.5 Å². The van der Waals surface area contributed by atoms with Gasteiger partial charge < -0.3 is 73.6 Å². The van der Waals surface area contributed by atoms with E-state index in [2.05, 4.69) is 47.5 Å². The van der Waals surface area contributed by atoms with Crippen LogP contribution in [0.5, 0.6) is 0 Å². The normalized spacial score (nSPS) is 25.6. The number of aromatic nitrogens is 2. The Balaban J connectivity index is 0.00000561. The van der Waals surface area contributed by atoms with E-state index in [-0.39, 0.29) is 50.3 Å². The smallest absolute Gasteiger partial charge is 0.244 e. The average Bonchev–Trinajstić information content (AvgIpc) is 3.55. The quantitative estimate of drug-likeness (QED) is 0.0580. The third kappa shape index (κ3) is 10.2. The van der Waals surface area contributed by atoms with Gasteiger partial charge in [-0.05, 0) is 50.9 Å². The Morgan fingerprint density at radius 3 is 1.76 bits per heavy atom. The number of imidazole rings is 1. The van der Waals surface area contributed by atoms with Gasteiger partial charge in [-0.2, -0.15) is 0 Å². The maximum atomic E-state index is 11.4. The number of aliphatic hydroxyl groups is 6.